The third-order valence-corrected chi connectivity index (χ3v) is 3.93. The van der Waals surface area contributed by atoms with E-state index in [2.05, 4.69) is 20.2 Å². The molecule has 1 N–H and O–H groups in total. The van der Waals surface area contributed by atoms with Crippen LogP contribution in [0.5, 0.6) is 0 Å². The molecule has 112 valence electrons. The van der Waals surface area contributed by atoms with Gasteiger partial charge in [-0.3, -0.25) is 9.89 Å². The van der Waals surface area contributed by atoms with Gasteiger partial charge in [0.25, 0.3) is 5.91 Å². The molecule has 0 radical (unpaired) electrons. The molecule has 3 rings (SSSR count). The van der Waals surface area contributed by atoms with Crippen LogP contribution in [0, 0.1) is 0 Å². The third-order valence-electron chi connectivity index (χ3n) is 3.35. The first kappa shape index (κ1) is 14.2. The lowest BCUT2D eigenvalue weighted by Gasteiger charge is -2.31. The van der Waals surface area contributed by atoms with E-state index in [0.29, 0.717) is 31.2 Å². The average molecular weight is 307 g/mol. The Bertz CT molecular complexity index is 610. The monoisotopic (exact) mass is 307 g/mol. The second-order valence-corrected chi connectivity index (χ2v) is 5.94. The molecule has 1 aliphatic rings. The minimum absolute atomic E-state index is 0.0619. The van der Waals surface area contributed by atoms with Crippen LogP contribution in [0.25, 0.3) is 0 Å². The number of H-pyrrole nitrogens is 1. The standard InChI is InChI=1S/C13H17N5O2S/c1-8(2)11-15-12(17-16-11)10-5-18(3-4-20-10)13(19)9-6-21-7-14-9/h6-8,10H,3-5H2,1-2H3,(H,15,16,17)/t10-/m0/s1. The van der Waals surface area contributed by atoms with Crippen LogP contribution in [-0.4, -0.2) is 50.7 Å². The van der Waals surface area contributed by atoms with Crippen molar-refractivity contribution in [1.82, 2.24) is 25.1 Å². The second kappa shape index (κ2) is 5.90. The summed E-state index contributed by atoms with van der Waals surface area (Å²) in [6.45, 7) is 5.58. The van der Waals surface area contributed by atoms with Gasteiger partial charge in [-0.2, -0.15) is 5.10 Å². The molecule has 2 aromatic heterocycles. The van der Waals surface area contributed by atoms with Crippen molar-refractivity contribution in [2.24, 2.45) is 0 Å². The normalized spacial score (nSPS) is 19.2. The van der Waals surface area contributed by atoms with E-state index in [4.69, 9.17) is 4.74 Å². The molecule has 1 saturated heterocycles. The van der Waals surface area contributed by atoms with E-state index in [1.807, 2.05) is 13.8 Å². The molecule has 8 heteroatoms. The lowest BCUT2D eigenvalue weighted by Crippen LogP contribution is -2.42. The molecule has 21 heavy (non-hydrogen) atoms. The Morgan fingerprint density at radius 1 is 1.57 bits per heavy atom. The molecule has 1 atom stereocenters. The van der Waals surface area contributed by atoms with E-state index in [1.54, 1.807) is 15.8 Å². The number of rotatable bonds is 3. The summed E-state index contributed by atoms with van der Waals surface area (Å²) in [4.78, 5) is 22.6. The molecule has 1 amide bonds. The average Bonchev–Trinajstić information content (AvgIpc) is 3.18. The predicted molar refractivity (Wildman–Crippen MR) is 77.2 cm³/mol. The first-order valence-corrected chi connectivity index (χ1v) is 7.80. The molecule has 1 aliphatic heterocycles. The van der Waals surface area contributed by atoms with Gasteiger partial charge in [-0.05, 0) is 0 Å². The van der Waals surface area contributed by atoms with Crippen molar-refractivity contribution < 1.29 is 9.53 Å². The van der Waals surface area contributed by atoms with Crippen molar-refractivity contribution in [3.05, 3.63) is 28.2 Å². The number of hydrogen-bond donors (Lipinski definition) is 1. The molecule has 1 fully saturated rings. The fourth-order valence-corrected chi connectivity index (χ4v) is 2.70. The molecule has 0 bridgehead atoms. The molecule has 0 saturated carbocycles. The van der Waals surface area contributed by atoms with Crippen LogP contribution >= 0.6 is 11.3 Å². The zero-order valence-electron chi connectivity index (χ0n) is 11.9. The molecular weight excluding hydrogens is 290 g/mol. The van der Waals surface area contributed by atoms with Crippen LogP contribution in [-0.2, 0) is 4.74 Å². The summed E-state index contributed by atoms with van der Waals surface area (Å²) in [5.74, 6) is 1.63. The van der Waals surface area contributed by atoms with Crippen molar-refractivity contribution in [2.45, 2.75) is 25.9 Å². The topological polar surface area (TPSA) is 84.0 Å². The molecule has 0 aromatic carbocycles. The van der Waals surface area contributed by atoms with Gasteiger partial charge in [0.2, 0.25) is 0 Å². The Balaban J connectivity index is 1.72. The number of aromatic nitrogens is 4. The quantitative estimate of drug-likeness (QED) is 0.931. The van der Waals surface area contributed by atoms with Crippen LogP contribution < -0.4 is 0 Å². The van der Waals surface area contributed by atoms with Gasteiger partial charge in [-0.15, -0.1) is 11.3 Å². The number of carbonyl (C=O) groups excluding carboxylic acids is 1. The van der Waals surface area contributed by atoms with Gasteiger partial charge in [0.1, 0.15) is 11.8 Å². The Labute approximate surface area is 126 Å². The van der Waals surface area contributed by atoms with Gasteiger partial charge >= 0.3 is 0 Å². The van der Waals surface area contributed by atoms with Crippen molar-refractivity contribution in [3.8, 4) is 0 Å². The van der Waals surface area contributed by atoms with Crippen LogP contribution in [0.1, 0.15) is 48.0 Å². The zero-order chi connectivity index (χ0) is 14.8. The SMILES string of the molecule is CC(C)c1n[nH]c([C@@H]2CN(C(=O)c3cscn3)CCO2)n1. The van der Waals surface area contributed by atoms with E-state index in [9.17, 15) is 4.79 Å². The van der Waals surface area contributed by atoms with E-state index >= 15 is 0 Å². The van der Waals surface area contributed by atoms with E-state index in [0.717, 1.165) is 5.82 Å². The number of aromatic amines is 1. The largest absolute Gasteiger partial charge is 0.367 e. The smallest absolute Gasteiger partial charge is 0.273 e. The molecule has 0 spiro atoms. The zero-order valence-corrected chi connectivity index (χ0v) is 12.8. The predicted octanol–water partition coefficient (Wildman–Crippen LogP) is 1.60. The van der Waals surface area contributed by atoms with Gasteiger partial charge in [-0.25, -0.2) is 9.97 Å². The maximum atomic E-state index is 12.3. The Kier molecular flexibility index (Phi) is 3.98. The lowest BCUT2D eigenvalue weighted by atomic mass is 10.2. The van der Waals surface area contributed by atoms with Crippen molar-refractivity contribution in [2.75, 3.05) is 19.7 Å². The van der Waals surface area contributed by atoms with E-state index < -0.39 is 0 Å². The van der Waals surface area contributed by atoms with Gasteiger partial charge < -0.3 is 9.64 Å². The molecule has 3 heterocycles. The number of nitrogens with zero attached hydrogens (tertiary/aromatic N) is 4. The van der Waals surface area contributed by atoms with Gasteiger partial charge in [0, 0.05) is 17.8 Å². The van der Waals surface area contributed by atoms with Crippen molar-refractivity contribution in [3.63, 3.8) is 0 Å². The lowest BCUT2D eigenvalue weighted by molar-refractivity contribution is -0.0268. The number of amides is 1. The van der Waals surface area contributed by atoms with E-state index in [-0.39, 0.29) is 17.9 Å². The highest BCUT2D eigenvalue weighted by Crippen LogP contribution is 2.21. The van der Waals surface area contributed by atoms with Crippen molar-refractivity contribution in [1.29, 1.82) is 0 Å². The summed E-state index contributed by atoms with van der Waals surface area (Å²) < 4.78 is 5.71. The van der Waals surface area contributed by atoms with Crippen LogP contribution in [0.2, 0.25) is 0 Å². The molecule has 0 unspecified atom stereocenters. The minimum Gasteiger partial charge on any atom is -0.367 e. The maximum absolute atomic E-state index is 12.3. The highest BCUT2D eigenvalue weighted by atomic mass is 32.1. The summed E-state index contributed by atoms with van der Waals surface area (Å²) in [7, 11) is 0. The Hall–Kier alpha value is -1.80. The first-order valence-electron chi connectivity index (χ1n) is 6.86. The third kappa shape index (κ3) is 2.96. The summed E-state index contributed by atoms with van der Waals surface area (Å²) in [5, 5.41) is 8.86. The Morgan fingerprint density at radius 3 is 3.10 bits per heavy atom. The fourth-order valence-electron chi connectivity index (χ4n) is 2.17. The summed E-state index contributed by atoms with van der Waals surface area (Å²) in [5.41, 5.74) is 2.15. The molecule has 7 nitrogen and oxygen atoms in total. The second-order valence-electron chi connectivity index (χ2n) is 5.22. The van der Waals surface area contributed by atoms with Crippen molar-refractivity contribution >= 4 is 17.2 Å². The maximum Gasteiger partial charge on any atom is 0.273 e. The first-order chi connectivity index (χ1) is 10.1. The number of nitrogens with one attached hydrogen (secondary N) is 1. The van der Waals surface area contributed by atoms with Gasteiger partial charge in [0.05, 0.1) is 18.7 Å². The van der Waals surface area contributed by atoms with Crippen LogP contribution in [0.3, 0.4) is 0 Å². The molecule has 0 aliphatic carbocycles. The number of morpholine rings is 1. The van der Waals surface area contributed by atoms with Gasteiger partial charge in [0.15, 0.2) is 11.6 Å². The number of ether oxygens (including phenoxy) is 1. The van der Waals surface area contributed by atoms with Crippen LogP contribution in [0.4, 0.5) is 0 Å². The fraction of sp³-hybridized carbons (Fsp3) is 0.538. The summed E-state index contributed by atoms with van der Waals surface area (Å²) in [6.07, 6.45) is -0.263. The van der Waals surface area contributed by atoms with Gasteiger partial charge in [-0.1, -0.05) is 13.8 Å². The Morgan fingerprint density at radius 2 is 2.43 bits per heavy atom. The summed E-state index contributed by atoms with van der Waals surface area (Å²) in [6, 6.07) is 0. The summed E-state index contributed by atoms with van der Waals surface area (Å²) >= 11 is 1.42. The molecule has 2 aromatic rings. The van der Waals surface area contributed by atoms with Crippen LogP contribution in [0.15, 0.2) is 10.9 Å². The number of hydrogen-bond acceptors (Lipinski definition) is 6. The highest BCUT2D eigenvalue weighted by Gasteiger charge is 2.29. The number of thiazole rings is 1. The van der Waals surface area contributed by atoms with E-state index in [1.165, 1.54) is 11.3 Å². The highest BCUT2D eigenvalue weighted by molar-refractivity contribution is 7.07. The number of carbonyl (C=O) groups is 1. The minimum atomic E-state index is -0.263. The molecular formula is C13H17N5O2S.